The van der Waals surface area contributed by atoms with Gasteiger partial charge in [0.2, 0.25) is 5.91 Å². The minimum atomic E-state index is 0.253. The van der Waals surface area contributed by atoms with Gasteiger partial charge in [0.05, 0.1) is 5.69 Å². The second-order valence-electron chi connectivity index (χ2n) is 6.22. The van der Waals surface area contributed by atoms with Gasteiger partial charge in [-0.1, -0.05) is 36.4 Å². The van der Waals surface area contributed by atoms with Crippen molar-refractivity contribution in [3.05, 3.63) is 54.1 Å². The van der Waals surface area contributed by atoms with E-state index in [-0.39, 0.29) is 5.91 Å². The van der Waals surface area contributed by atoms with Gasteiger partial charge in [0.1, 0.15) is 11.6 Å². The molecule has 1 saturated heterocycles. The molecule has 24 heavy (non-hydrogen) atoms. The van der Waals surface area contributed by atoms with Gasteiger partial charge in [-0.15, -0.1) is 0 Å². The Morgan fingerprint density at radius 2 is 1.96 bits per heavy atom. The molecule has 0 aliphatic carbocycles. The van der Waals surface area contributed by atoms with Crippen molar-refractivity contribution < 1.29 is 4.79 Å². The molecule has 0 unspecified atom stereocenters. The predicted octanol–water partition coefficient (Wildman–Crippen LogP) is 2.89. The van der Waals surface area contributed by atoms with Gasteiger partial charge < -0.3 is 4.90 Å². The van der Waals surface area contributed by atoms with Crippen molar-refractivity contribution in [1.29, 1.82) is 0 Å². The van der Waals surface area contributed by atoms with Crippen LogP contribution in [0.3, 0.4) is 0 Å². The number of fused-ring (bicyclic) bond motifs is 1. The van der Waals surface area contributed by atoms with E-state index in [1.165, 1.54) is 5.39 Å². The molecular weight excluding hydrogens is 300 g/mol. The van der Waals surface area contributed by atoms with E-state index in [1.807, 2.05) is 34.7 Å². The fourth-order valence-electron chi connectivity index (χ4n) is 3.38. The van der Waals surface area contributed by atoms with Crippen LogP contribution in [-0.2, 0) is 11.2 Å². The van der Waals surface area contributed by atoms with Crippen LogP contribution in [0.4, 0.5) is 0 Å². The van der Waals surface area contributed by atoms with E-state index in [0.717, 1.165) is 42.1 Å². The molecule has 3 aromatic rings. The summed E-state index contributed by atoms with van der Waals surface area (Å²) in [7, 11) is 0. The van der Waals surface area contributed by atoms with Crippen molar-refractivity contribution in [3.63, 3.8) is 0 Å². The van der Waals surface area contributed by atoms with Crippen molar-refractivity contribution in [1.82, 2.24) is 19.7 Å². The van der Waals surface area contributed by atoms with Gasteiger partial charge in [0, 0.05) is 31.3 Å². The van der Waals surface area contributed by atoms with Crippen LogP contribution >= 0.6 is 0 Å². The zero-order chi connectivity index (χ0) is 16.5. The number of aryl methyl sites for hydroxylation is 1. The molecule has 2 aromatic carbocycles. The van der Waals surface area contributed by atoms with E-state index in [9.17, 15) is 4.79 Å². The van der Waals surface area contributed by atoms with Gasteiger partial charge in [-0.3, -0.25) is 4.79 Å². The van der Waals surface area contributed by atoms with Crippen molar-refractivity contribution >= 4 is 16.7 Å². The van der Waals surface area contributed by atoms with Gasteiger partial charge in [-0.25, -0.2) is 9.67 Å². The van der Waals surface area contributed by atoms with E-state index >= 15 is 0 Å². The van der Waals surface area contributed by atoms with Gasteiger partial charge in [-0.2, -0.15) is 5.10 Å². The fourth-order valence-corrected chi connectivity index (χ4v) is 3.38. The molecule has 0 saturated carbocycles. The second kappa shape index (κ2) is 6.07. The van der Waals surface area contributed by atoms with Gasteiger partial charge in [0.15, 0.2) is 0 Å². The Morgan fingerprint density at radius 1 is 1.12 bits per heavy atom. The first-order valence-electron chi connectivity index (χ1n) is 8.41. The Kier molecular flexibility index (Phi) is 3.76. The SMILES string of the molecule is Cc1nc(CCN2CCCC2=O)n(-c2cccc3ccccc23)n1. The lowest BCUT2D eigenvalue weighted by Gasteiger charge is -2.15. The summed E-state index contributed by atoms with van der Waals surface area (Å²) in [5.41, 5.74) is 1.04. The molecule has 4 rings (SSSR count). The molecule has 5 heteroatoms. The largest absolute Gasteiger partial charge is 0.342 e. The highest BCUT2D eigenvalue weighted by atomic mass is 16.2. The maximum Gasteiger partial charge on any atom is 0.222 e. The first-order chi connectivity index (χ1) is 11.7. The quantitative estimate of drug-likeness (QED) is 0.743. The molecule has 0 bridgehead atoms. The average Bonchev–Trinajstić information content (AvgIpc) is 3.17. The maximum absolute atomic E-state index is 11.8. The number of benzene rings is 2. The summed E-state index contributed by atoms with van der Waals surface area (Å²) in [6.07, 6.45) is 2.36. The van der Waals surface area contributed by atoms with Crippen molar-refractivity contribution in [2.45, 2.75) is 26.2 Å². The van der Waals surface area contributed by atoms with Gasteiger partial charge in [-0.05, 0) is 24.8 Å². The smallest absolute Gasteiger partial charge is 0.222 e. The van der Waals surface area contributed by atoms with E-state index in [2.05, 4.69) is 34.3 Å². The monoisotopic (exact) mass is 320 g/mol. The number of hydrogen-bond acceptors (Lipinski definition) is 3. The van der Waals surface area contributed by atoms with Crippen LogP contribution in [0.2, 0.25) is 0 Å². The molecule has 1 aliphatic rings. The number of carbonyl (C=O) groups is 1. The molecule has 1 aliphatic heterocycles. The average molecular weight is 320 g/mol. The minimum absolute atomic E-state index is 0.253. The Bertz CT molecular complexity index is 894. The third kappa shape index (κ3) is 2.66. The summed E-state index contributed by atoms with van der Waals surface area (Å²) in [5, 5.41) is 6.94. The van der Waals surface area contributed by atoms with Gasteiger partial charge in [0.25, 0.3) is 0 Å². The molecule has 0 spiro atoms. The summed E-state index contributed by atoms with van der Waals surface area (Å²) in [5.74, 6) is 1.91. The van der Waals surface area contributed by atoms with Crippen molar-refractivity contribution in [2.75, 3.05) is 13.1 Å². The second-order valence-corrected chi connectivity index (χ2v) is 6.22. The first kappa shape index (κ1) is 14.9. The summed E-state index contributed by atoms with van der Waals surface area (Å²) in [6.45, 7) is 3.48. The zero-order valence-electron chi connectivity index (χ0n) is 13.8. The van der Waals surface area contributed by atoms with Crippen molar-refractivity contribution in [3.8, 4) is 5.69 Å². The molecular formula is C19H20N4O. The number of amides is 1. The number of aromatic nitrogens is 3. The molecule has 1 amide bonds. The highest BCUT2D eigenvalue weighted by molar-refractivity contribution is 5.90. The van der Waals surface area contributed by atoms with Crippen LogP contribution in [0, 0.1) is 6.92 Å². The number of likely N-dealkylation sites (tertiary alicyclic amines) is 1. The highest BCUT2D eigenvalue weighted by Crippen LogP contribution is 2.23. The molecule has 0 radical (unpaired) electrons. The minimum Gasteiger partial charge on any atom is -0.342 e. The molecule has 0 N–H and O–H groups in total. The summed E-state index contributed by atoms with van der Waals surface area (Å²) in [6, 6.07) is 14.5. The molecule has 122 valence electrons. The van der Waals surface area contributed by atoms with E-state index in [0.29, 0.717) is 13.0 Å². The number of nitrogens with zero attached hydrogens (tertiary/aromatic N) is 4. The molecule has 1 aromatic heterocycles. The summed E-state index contributed by atoms with van der Waals surface area (Å²) < 4.78 is 1.93. The van der Waals surface area contributed by atoms with Crippen LogP contribution in [0.15, 0.2) is 42.5 Å². The van der Waals surface area contributed by atoms with Crippen LogP contribution in [0.5, 0.6) is 0 Å². The van der Waals surface area contributed by atoms with E-state index < -0.39 is 0 Å². The highest BCUT2D eigenvalue weighted by Gasteiger charge is 2.21. The topological polar surface area (TPSA) is 51.0 Å². The molecule has 2 heterocycles. The van der Waals surface area contributed by atoms with Crippen LogP contribution in [-0.4, -0.2) is 38.7 Å². The first-order valence-corrected chi connectivity index (χ1v) is 8.41. The molecule has 5 nitrogen and oxygen atoms in total. The summed E-state index contributed by atoms with van der Waals surface area (Å²) in [4.78, 5) is 18.3. The third-order valence-corrected chi connectivity index (χ3v) is 4.55. The lowest BCUT2D eigenvalue weighted by Crippen LogP contribution is -2.27. The number of carbonyl (C=O) groups excluding carboxylic acids is 1. The van der Waals surface area contributed by atoms with Gasteiger partial charge >= 0.3 is 0 Å². The molecule has 1 fully saturated rings. The normalized spacial score (nSPS) is 14.7. The number of rotatable bonds is 4. The lowest BCUT2D eigenvalue weighted by atomic mass is 10.1. The predicted molar refractivity (Wildman–Crippen MR) is 93.1 cm³/mol. The Balaban J connectivity index is 1.69. The third-order valence-electron chi connectivity index (χ3n) is 4.55. The zero-order valence-corrected chi connectivity index (χ0v) is 13.8. The summed E-state index contributed by atoms with van der Waals surface area (Å²) >= 11 is 0. The van der Waals surface area contributed by atoms with Crippen LogP contribution in [0.25, 0.3) is 16.5 Å². The van der Waals surface area contributed by atoms with E-state index in [1.54, 1.807) is 0 Å². The Labute approximate surface area is 140 Å². The van der Waals surface area contributed by atoms with Crippen LogP contribution < -0.4 is 0 Å². The van der Waals surface area contributed by atoms with Crippen LogP contribution in [0.1, 0.15) is 24.5 Å². The molecule has 0 atom stereocenters. The standard InChI is InChI=1S/C19H20N4O/c1-14-20-18(11-13-22-12-5-10-19(22)24)23(21-14)17-9-4-7-15-6-2-3-8-16(15)17/h2-4,6-9H,5,10-13H2,1H3. The lowest BCUT2D eigenvalue weighted by molar-refractivity contribution is -0.127. The van der Waals surface area contributed by atoms with Crippen molar-refractivity contribution in [2.24, 2.45) is 0 Å². The number of hydrogen-bond donors (Lipinski definition) is 0. The Hall–Kier alpha value is -2.69. The fraction of sp³-hybridized carbons (Fsp3) is 0.316. The maximum atomic E-state index is 11.8. The Morgan fingerprint density at radius 3 is 2.79 bits per heavy atom. The van der Waals surface area contributed by atoms with E-state index in [4.69, 9.17) is 0 Å².